The van der Waals surface area contributed by atoms with E-state index in [1.165, 1.54) is 11.6 Å². The van der Waals surface area contributed by atoms with Gasteiger partial charge < -0.3 is 30.0 Å². The molecule has 3 aromatic rings. The third-order valence-corrected chi connectivity index (χ3v) is 6.77. The number of fused-ring (bicyclic) bond motifs is 2. The summed E-state index contributed by atoms with van der Waals surface area (Å²) in [6, 6.07) is 11.3. The Hall–Kier alpha value is -2.78. The van der Waals surface area contributed by atoms with Crippen molar-refractivity contribution in [2.24, 2.45) is 5.73 Å². The van der Waals surface area contributed by atoms with Crippen LogP contribution in [0.15, 0.2) is 42.5 Å². The van der Waals surface area contributed by atoms with Gasteiger partial charge in [0.1, 0.15) is 24.0 Å². The van der Waals surface area contributed by atoms with E-state index in [1.54, 1.807) is 6.07 Å². The fourth-order valence-corrected chi connectivity index (χ4v) is 4.94. The highest BCUT2D eigenvalue weighted by Crippen LogP contribution is 2.33. The molecule has 3 unspecified atom stereocenters. The molecule has 8 heteroatoms. The molecule has 33 heavy (non-hydrogen) atoms. The minimum atomic E-state index is -0.636. The molecule has 6 rings (SSSR count). The van der Waals surface area contributed by atoms with Crippen LogP contribution in [-0.2, 0) is 9.47 Å². The zero-order valence-electron chi connectivity index (χ0n) is 18.0. The van der Waals surface area contributed by atoms with Gasteiger partial charge in [-0.25, -0.2) is 9.37 Å². The fourth-order valence-electron chi connectivity index (χ4n) is 4.94. The molecular formula is C25H26FN3O4. The number of allylic oxidation sites excluding steroid dienone is 1. The summed E-state index contributed by atoms with van der Waals surface area (Å²) in [7, 11) is 0. The molecule has 0 saturated carbocycles. The van der Waals surface area contributed by atoms with Crippen LogP contribution in [0.3, 0.4) is 0 Å². The normalized spacial score (nSPS) is 29.3. The summed E-state index contributed by atoms with van der Waals surface area (Å²) in [5, 5.41) is 9.90. The second-order valence-electron chi connectivity index (χ2n) is 9.05. The van der Waals surface area contributed by atoms with E-state index in [9.17, 15) is 9.50 Å². The molecule has 3 aliphatic rings. The first-order valence-electron chi connectivity index (χ1n) is 11.4. The van der Waals surface area contributed by atoms with Crippen LogP contribution in [0.1, 0.15) is 24.8 Å². The highest BCUT2D eigenvalue weighted by Gasteiger charge is 2.48. The number of nitrogens with two attached hydrogens (primary N) is 1. The maximum Gasteiger partial charge on any atom is 0.193 e. The number of pyridine rings is 1. The SMILES string of the molecule is NC1CC=C(c2ccc(-c3nc4cc(OC5CO[C@@H]6C(O)CO[C@H]56)[nH]c4cc3F)cc2)CC1. The minimum Gasteiger partial charge on any atom is -0.470 e. The van der Waals surface area contributed by atoms with Gasteiger partial charge in [-0.15, -0.1) is 0 Å². The van der Waals surface area contributed by atoms with Gasteiger partial charge in [0.15, 0.2) is 17.8 Å². The predicted octanol–water partition coefficient (Wildman–Crippen LogP) is 3.17. The summed E-state index contributed by atoms with van der Waals surface area (Å²) < 4.78 is 32.1. The third-order valence-electron chi connectivity index (χ3n) is 6.77. The van der Waals surface area contributed by atoms with Crippen molar-refractivity contribution in [3.05, 3.63) is 53.9 Å². The Morgan fingerprint density at radius 3 is 2.67 bits per heavy atom. The number of H-pyrrole nitrogens is 1. The second-order valence-corrected chi connectivity index (χ2v) is 9.05. The lowest BCUT2D eigenvalue weighted by Gasteiger charge is -2.18. The number of halogens is 1. The second kappa shape index (κ2) is 8.22. The van der Waals surface area contributed by atoms with Gasteiger partial charge in [-0.05, 0) is 30.4 Å². The summed E-state index contributed by atoms with van der Waals surface area (Å²) in [6.45, 7) is 0.561. The number of benzene rings is 1. The molecule has 2 aromatic heterocycles. The number of nitrogens with one attached hydrogen (secondary N) is 1. The first-order chi connectivity index (χ1) is 16.0. The first kappa shape index (κ1) is 20.8. The van der Waals surface area contributed by atoms with Crippen molar-refractivity contribution in [1.29, 1.82) is 0 Å². The molecule has 0 amide bonds. The summed E-state index contributed by atoms with van der Waals surface area (Å²) in [5.41, 5.74) is 10.6. The Morgan fingerprint density at radius 2 is 1.88 bits per heavy atom. The van der Waals surface area contributed by atoms with Gasteiger partial charge in [0, 0.05) is 23.7 Å². The maximum atomic E-state index is 14.9. The van der Waals surface area contributed by atoms with Crippen LogP contribution in [0.4, 0.5) is 4.39 Å². The zero-order valence-corrected chi connectivity index (χ0v) is 18.0. The van der Waals surface area contributed by atoms with Crippen LogP contribution in [0, 0.1) is 5.82 Å². The van der Waals surface area contributed by atoms with E-state index in [2.05, 4.69) is 16.0 Å². The van der Waals surface area contributed by atoms with Gasteiger partial charge in [-0.2, -0.15) is 0 Å². The molecular weight excluding hydrogens is 425 g/mol. The van der Waals surface area contributed by atoms with Crippen molar-refractivity contribution in [2.45, 2.75) is 49.7 Å². The predicted molar refractivity (Wildman–Crippen MR) is 121 cm³/mol. The molecule has 4 heterocycles. The molecule has 0 spiro atoms. The van der Waals surface area contributed by atoms with Crippen LogP contribution in [0.25, 0.3) is 27.9 Å². The standard InChI is InChI=1S/C25H26FN3O4/c26-17-9-18-19(10-22(28-18)33-21-12-32-24-20(30)11-31-25(21)24)29-23(17)15-3-1-13(2-4-15)14-5-7-16(27)8-6-14/h1-5,9-10,16,20-21,24-25,28,30H,6-8,11-12,27H2/t16?,20?,21?,24-,25-/m1/s1. The molecule has 1 aromatic carbocycles. The number of hydrogen-bond acceptors (Lipinski definition) is 6. The van der Waals surface area contributed by atoms with Crippen molar-refractivity contribution in [3.63, 3.8) is 0 Å². The van der Waals surface area contributed by atoms with E-state index in [-0.39, 0.29) is 31.0 Å². The zero-order chi connectivity index (χ0) is 22.5. The highest BCUT2D eigenvalue weighted by atomic mass is 19.1. The van der Waals surface area contributed by atoms with Crippen LogP contribution in [0.5, 0.6) is 5.88 Å². The highest BCUT2D eigenvalue weighted by molar-refractivity contribution is 5.81. The molecule has 2 aliphatic heterocycles. The number of aromatic nitrogens is 2. The minimum absolute atomic E-state index is 0.238. The number of aliphatic hydroxyl groups is 1. The average molecular weight is 451 g/mol. The molecule has 0 bridgehead atoms. The van der Waals surface area contributed by atoms with Gasteiger partial charge in [0.05, 0.1) is 24.2 Å². The number of aliphatic hydroxyl groups excluding tert-OH is 1. The number of ether oxygens (including phenoxy) is 3. The smallest absolute Gasteiger partial charge is 0.193 e. The molecule has 0 radical (unpaired) electrons. The monoisotopic (exact) mass is 451 g/mol. The van der Waals surface area contributed by atoms with Gasteiger partial charge in [0.2, 0.25) is 0 Å². The largest absolute Gasteiger partial charge is 0.470 e. The summed E-state index contributed by atoms with van der Waals surface area (Å²) in [5.74, 6) is 0.0594. The topological polar surface area (TPSA) is 103 Å². The lowest BCUT2D eigenvalue weighted by Crippen LogP contribution is -2.34. The third kappa shape index (κ3) is 3.83. The molecule has 2 saturated heterocycles. The van der Waals surface area contributed by atoms with Crippen LogP contribution < -0.4 is 10.5 Å². The quantitative estimate of drug-likeness (QED) is 0.563. The molecule has 1 aliphatic carbocycles. The van der Waals surface area contributed by atoms with E-state index in [4.69, 9.17) is 19.9 Å². The van der Waals surface area contributed by atoms with E-state index in [0.29, 0.717) is 29.2 Å². The Kier molecular flexibility index (Phi) is 5.18. The summed E-state index contributed by atoms with van der Waals surface area (Å²) >= 11 is 0. The number of nitrogens with zero attached hydrogens (tertiary/aromatic N) is 1. The molecule has 4 N–H and O–H groups in total. The summed E-state index contributed by atoms with van der Waals surface area (Å²) in [6.07, 6.45) is 3.37. The van der Waals surface area contributed by atoms with E-state index in [0.717, 1.165) is 30.4 Å². The number of aromatic amines is 1. The van der Waals surface area contributed by atoms with Gasteiger partial charge in [0.25, 0.3) is 0 Å². The molecule has 7 nitrogen and oxygen atoms in total. The van der Waals surface area contributed by atoms with E-state index >= 15 is 0 Å². The number of rotatable bonds is 4. The fraction of sp³-hybridized carbons (Fsp3) is 0.400. The number of hydrogen-bond donors (Lipinski definition) is 3. The average Bonchev–Trinajstić information content (AvgIpc) is 3.51. The Morgan fingerprint density at radius 1 is 1.09 bits per heavy atom. The van der Waals surface area contributed by atoms with Crippen LogP contribution in [0.2, 0.25) is 0 Å². The summed E-state index contributed by atoms with van der Waals surface area (Å²) in [4.78, 5) is 7.62. The van der Waals surface area contributed by atoms with Crippen molar-refractivity contribution < 1.29 is 23.7 Å². The van der Waals surface area contributed by atoms with Crippen LogP contribution in [-0.4, -0.2) is 58.7 Å². The lowest BCUT2D eigenvalue weighted by molar-refractivity contribution is 0.00794. The Labute approximate surface area is 190 Å². The van der Waals surface area contributed by atoms with Crippen molar-refractivity contribution in [3.8, 4) is 17.1 Å². The van der Waals surface area contributed by atoms with Gasteiger partial charge in [-0.3, -0.25) is 0 Å². The Bertz CT molecular complexity index is 1210. The van der Waals surface area contributed by atoms with Crippen molar-refractivity contribution in [1.82, 2.24) is 9.97 Å². The van der Waals surface area contributed by atoms with Crippen molar-refractivity contribution >= 4 is 16.6 Å². The maximum absolute atomic E-state index is 14.9. The van der Waals surface area contributed by atoms with Gasteiger partial charge >= 0.3 is 0 Å². The lowest BCUT2D eigenvalue weighted by atomic mass is 9.90. The van der Waals surface area contributed by atoms with E-state index in [1.807, 2.05) is 24.3 Å². The first-order valence-corrected chi connectivity index (χ1v) is 11.4. The van der Waals surface area contributed by atoms with Gasteiger partial charge in [-0.1, -0.05) is 30.3 Å². The van der Waals surface area contributed by atoms with E-state index < -0.39 is 11.9 Å². The molecule has 2 fully saturated rings. The Balaban J connectivity index is 1.23. The molecule has 5 atom stereocenters. The van der Waals surface area contributed by atoms with Crippen LogP contribution >= 0.6 is 0 Å². The van der Waals surface area contributed by atoms with Crippen molar-refractivity contribution in [2.75, 3.05) is 13.2 Å². The molecule has 172 valence electrons.